The molecule has 0 fully saturated rings. The van der Waals surface area contributed by atoms with Crippen LogP contribution in [-0.2, 0) is 0 Å². The van der Waals surface area contributed by atoms with Gasteiger partial charge in [-0.15, -0.1) is 12.8 Å². The van der Waals surface area contributed by atoms with Crippen molar-refractivity contribution in [1.29, 1.82) is 0 Å². The highest BCUT2D eigenvalue weighted by atomic mass is 14.1. The van der Waals surface area contributed by atoms with Crippen molar-refractivity contribution >= 4 is 22.9 Å². The monoisotopic (exact) mass is 328 g/mol. The zero-order valence-corrected chi connectivity index (χ0v) is 14.2. The van der Waals surface area contributed by atoms with Gasteiger partial charge in [-0.3, -0.25) is 0 Å². The SMILES string of the molecule is C#C/C=C\c1ccccc1C#Cc1c(/C=C\C#C)ccc2ccccc12. The van der Waals surface area contributed by atoms with Gasteiger partial charge in [0.1, 0.15) is 0 Å². The van der Waals surface area contributed by atoms with Crippen LogP contribution in [0.5, 0.6) is 0 Å². The first-order chi connectivity index (χ1) is 12.8. The van der Waals surface area contributed by atoms with Gasteiger partial charge in [0.05, 0.1) is 0 Å². The Labute approximate surface area is 154 Å². The van der Waals surface area contributed by atoms with Gasteiger partial charge < -0.3 is 0 Å². The van der Waals surface area contributed by atoms with Crippen LogP contribution in [-0.4, -0.2) is 0 Å². The fourth-order valence-corrected chi connectivity index (χ4v) is 2.73. The highest BCUT2D eigenvalue weighted by Crippen LogP contribution is 2.23. The minimum Gasteiger partial charge on any atom is -0.115 e. The first-order valence-electron chi connectivity index (χ1n) is 8.21. The van der Waals surface area contributed by atoms with Gasteiger partial charge in [-0.25, -0.2) is 0 Å². The van der Waals surface area contributed by atoms with E-state index in [-0.39, 0.29) is 0 Å². The zero-order valence-electron chi connectivity index (χ0n) is 14.2. The number of allylic oxidation sites excluding steroid dienone is 2. The molecule has 120 valence electrons. The Morgan fingerprint density at radius 1 is 0.654 bits per heavy atom. The Bertz CT molecular complexity index is 1150. The average Bonchev–Trinajstić information content (AvgIpc) is 2.69. The molecular formula is C26H16. The van der Waals surface area contributed by atoms with Gasteiger partial charge in [0, 0.05) is 11.1 Å². The Hall–Kier alpha value is -3.92. The molecule has 0 nitrogen and oxygen atoms in total. The van der Waals surface area contributed by atoms with Crippen LogP contribution in [0.3, 0.4) is 0 Å². The summed E-state index contributed by atoms with van der Waals surface area (Å²) in [7, 11) is 0. The van der Waals surface area contributed by atoms with E-state index in [4.69, 9.17) is 12.8 Å². The molecular weight excluding hydrogens is 312 g/mol. The lowest BCUT2D eigenvalue weighted by molar-refractivity contribution is 1.59. The fourth-order valence-electron chi connectivity index (χ4n) is 2.73. The van der Waals surface area contributed by atoms with Gasteiger partial charge in [-0.05, 0) is 52.3 Å². The van der Waals surface area contributed by atoms with E-state index < -0.39 is 0 Å². The smallest absolute Gasteiger partial charge is 0.0400 e. The van der Waals surface area contributed by atoms with Crippen LogP contribution in [0.25, 0.3) is 22.9 Å². The van der Waals surface area contributed by atoms with Crippen LogP contribution < -0.4 is 0 Å². The third kappa shape index (κ3) is 3.76. The second-order valence-electron chi connectivity index (χ2n) is 5.59. The van der Waals surface area contributed by atoms with Gasteiger partial charge in [0.2, 0.25) is 0 Å². The maximum atomic E-state index is 5.37. The number of hydrogen-bond donors (Lipinski definition) is 0. The summed E-state index contributed by atoms with van der Waals surface area (Å²) in [6.07, 6.45) is 17.9. The lowest BCUT2D eigenvalue weighted by Gasteiger charge is -2.05. The van der Waals surface area contributed by atoms with Gasteiger partial charge in [0.25, 0.3) is 0 Å². The summed E-state index contributed by atoms with van der Waals surface area (Å²) in [6, 6.07) is 20.3. The van der Waals surface area contributed by atoms with Gasteiger partial charge in [-0.1, -0.05) is 78.3 Å². The predicted molar refractivity (Wildman–Crippen MR) is 112 cm³/mol. The van der Waals surface area contributed by atoms with Crippen molar-refractivity contribution in [1.82, 2.24) is 0 Å². The molecule has 0 unspecified atom stereocenters. The Balaban J connectivity index is 2.18. The molecule has 3 aromatic carbocycles. The molecule has 3 aromatic rings. The summed E-state index contributed by atoms with van der Waals surface area (Å²) < 4.78 is 0. The van der Waals surface area contributed by atoms with E-state index in [0.29, 0.717) is 0 Å². The number of hydrogen-bond acceptors (Lipinski definition) is 0. The highest BCUT2D eigenvalue weighted by Gasteiger charge is 2.03. The van der Waals surface area contributed by atoms with Crippen LogP contribution in [0.15, 0.2) is 72.8 Å². The topological polar surface area (TPSA) is 0 Å². The molecule has 0 aliphatic heterocycles. The first kappa shape index (κ1) is 16.9. The largest absolute Gasteiger partial charge is 0.115 e. The van der Waals surface area contributed by atoms with Gasteiger partial charge >= 0.3 is 0 Å². The molecule has 3 rings (SSSR count). The van der Waals surface area contributed by atoms with E-state index in [1.54, 1.807) is 12.2 Å². The quantitative estimate of drug-likeness (QED) is 0.542. The van der Waals surface area contributed by atoms with Crippen LogP contribution in [0.4, 0.5) is 0 Å². The maximum Gasteiger partial charge on any atom is 0.0400 e. The van der Waals surface area contributed by atoms with E-state index >= 15 is 0 Å². The number of terminal acetylenes is 2. The second-order valence-corrected chi connectivity index (χ2v) is 5.59. The lowest BCUT2D eigenvalue weighted by Crippen LogP contribution is -1.87. The van der Waals surface area contributed by atoms with Crippen molar-refractivity contribution in [2.45, 2.75) is 0 Å². The van der Waals surface area contributed by atoms with Crippen LogP contribution in [0.2, 0.25) is 0 Å². The molecule has 0 aromatic heterocycles. The molecule has 0 aliphatic carbocycles. The summed E-state index contributed by atoms with van der Waals surface area (Å²) in [6.45, 7) is 0. The third-order valence-electron chi connectivity index (χ3n) is 3.96. The van der Waals surface area contributed by atoms with Crippen LogP contribution in [0, 0.1) is 36.5 Å². The third-order valence-corrected chi connectivity index (χ3v) is 3.96. The van der Waals surface area contributed by atoms with Crippen molar-refractivity contribution in [3.05, 3.63) is 95.1 Å². The summed E-state index contributed by atoms with van der Waals surface area (Å²) in [5.74, 6) is 11.7. The standard InChI is InChI=1S/C26H16/c1-3-5-11-21-13-7-8-14-22(21)19-20-26-23(12-6-4-2)17-18-24-15-9-10-16-25(24)26/h1-2,5-18H/b11-5-,12-6-. The summed E-state index contributed by atoms with van der Waals surface area (Å²) in [4.78, 5) is 0. The maximum absolute atomic E-state index is 5.37. The van der Waals surface area contributed by atoms with Crippen LogP contribution >= 0.6 is 0 Å². The van der Waals surface area contributed by atoms with Gasteiger partial charge in [0.15, 0.2) is 0 Å². The summed E-state index contributed by atoms with van der Waals surface area (Å²) in [5.41, 5.74) is 3.90. The lowest BCUT2D eigenvalue weighted by atomic mass is 9.98. The minimum absolute atomic E-state index is 0.929. The van der Waals surface area contributed by atoms with Crippen LogP contribution in [0.1, 0.15) is 22.3 Å². The van der Waals surface area contributed by atoms with E-state index in [0.717, 1.165) is 33.0 Å². The molecule has 26 heavy (non-hydrogen) atoms. The molecule has 0 saturated carbocycles. The molecule has 0 bridgehead atoms. The Kier molecular flexibility index (Phi) is 5.38. The predicted octanol–water partition coefficient (Wildman–Crippen LogP) is 5.53. The highest BCUT2D eigenvalue weighted by molar-refractivity contribution is 5.91. The van der Waals surface area contributed by atoms with Crippen molar-refractivity contribution in [2.75, 3.05) is 0 Å². The normalized spacial score (nSPS) is 10.4. The summed E-state index contributed by atoms with van der Waals surface area (Å²) >= 11 is 0. The van der Waals surface area contributed by atoms with Crippen molar-refractivity contribution in [3.8, 4) is 36.5 Å². The zero-order chi connectivity index (χ0) is 18.2. The Morgan fingerprint density at radius 3 is 2.15 bits per heavy atom. The number of benzene rings is 3. The molecule has 0 N–H and O–H groups in total. The van der Waals surface area contributed by atoms with E-state index in [2.05, 4.69) is 41.9 Å². The molecule has 0 saturated heterocycles. The first-order valence-corrected chi connectivity index (χ1v) is 8.21. The number of rotatable bonds is 2. The second kappa shape index (κ2) is 8.26. The van der Waals surface area contributed by atoms with E-state index in [9.17, 15) is 0 Å². The molecule has 0 atom stereocenters. The van der Waals surface area contributed by atoms with Crippen molar-refractivity contribution < 1.29 is 0 Å². The summed E-state index contributed by atoms with van der Waals surface area (Å²) in [5, 5.41) is 2.26. The van der Waals surface area contributed by atoms with Gasteiger partial charge in [-0.2, -0.15) is 0 Å². The molecule has 0 heterocycles. The molecule has 0 aliphatic rings. The molecule has 0 amide bonds. The average molecular weight is 328 g/mol. The molecule has 0 heteroatoms. The van der Waals surface area contributed by atoms with Crippen molar-refractivity contribution in [3.63, 3.8) is 0 Å². The fraction of sp³-hybridized carbons (Fsp3) is 0. The van der Waals surface area contributed by atoms with E-state index in [1.807, 2.05) is 54.6 Å². The molecule has 0 spiro atoms. The Morgan fingerprint density at radius 2 is 1.35 bits per heavy atom. The minimum atomic E-state index is 0.929. The van der Waals surface area contributed by atoms with E-state index in [1.165, 1.54) is 0 Å². The van der Waals surface area contributed by atoms with Crippen molar-refractivity contribution in [2.24, 2.45) is 0 Å². The molecule has 0 radical (unpaired) electrons. The number of fused-ring (bicyclic) bond motifs is 1.